The fourth-order valence-electron chi connectivity index (χ4n) is 2.93. The molecule has 0 atom stereocenters. The van der Waals surface area contributed by atoms with Gasteiger partial charge < -0.3 is 25.4 Å². The third-order valence-corrected chi connectivity index (χ3v) is 4.21. The minimum atomic E-state index is -0.282. The van der Waals surface area contributed by atoms with Crippen molar-refractivity contribution >= 4 is 41.5 Å². The number of benzene rings is 1. The lowest BCUT2D eigenvalue weighted by atomic mass is 10.1. The second kappa shape index (κ2) is 13.7. The Morgan fingerprint density at radius 2 is 1.84 bits per heavy atom. The summed E-state index contributed by atoms with van der Waals surface area (Å²) in [6.45, 7) is 14.9. The molecule has 0 aromatic heterocycles. The number of nitrogens with one attached hydrogen (secondary N) is 3. The number of hydrogen-bond donors (Lipinski definition) is 3. The maximum atomic E-state index is 12.2. The molecule has 1 aromatic rings. The number of carbonyl (C=O) groups is 1. The van der Waals surface area contributed by atoms with Crippen molar-refractivity contribution in [1.82, 2.24) is 15.5 Å². The molecule has 1 saturated heterocycles. The van der Waals surface area contributed by atoms with Gasteiger partial charge in [-0.05, 0) is 58.9 Å². The lowest BCUT2D eigenvalue weighted by Gasteiger charge is -2.26. The van der Waals surface area contributed by atoms with Gasteiger partial charge in [-0.15, -0.1) is 24.0 Å². The second-order valence-corrected chi connectivity index (χ2v) is 8.66. The average Bonchev–Trinajstić information content (AvgIpc) is 2.66. The number of aliphatic imine (C=N–C) groups is 1. The van der Waals surface area contributed by atoms with Crippen LogP contribution in [0.4, 0.5) is 5.69 Å². The van der Waals surface area contributed by atoms with Crippen LogP contribution in [0.1, 0.15) is 34.6 Å². The molecule has 1 aliphatic heterocycles. The predicted octanol–water partition coefficient (Wildman–Crippen LogP) is 2.70. The zero-order valence-electron chi connectivity index (χ0n) is 19.4. The van der Waals surface area contributed by atoms with Crippen LogP contribution in [0.2, 0.25) is 0 Å². The lowest BCUT2D eigenvalue weighted by molar-refractivity contribution is -0.121. The molecule has 1 aromatic carbocycles. The predicted molar refractivity (Wildman–Crippen MR) is 137 cm³/mol. The summed E-state index contributed by atoms with van der Waals surface area (Å²) in [5, 5.41) is 9.53. The van der Waals surface area contributed by atoms with Gasteiger partial charge in [-0.2, -0.15) is 0 Å². The van der Waals surface area contributed by atoms with E-state index in [4.69, 9.17) is 9.47 Å². The number of morpholine rings is 1. The zero-order chi connectivity index (χ0) is 22.0. The minimum absolute atomic E-state index is 0. The van der Waals surface area contributed by atoms with E-state index in [0.717, 1.165) is 50.8 Å². The van der Waals surface area contributed by atoms with E-state index < -0.39 is 0 Å². The van der Waals surface area contributed by atoms with Gasteiger partial charge in [-0.1, -0.05) is 0 Å². The summed E-state index contributed by atoms with van der Waals surface area (Å²) < 4.78 is 11.1. The highest BCUT2D eigenvalue weighted by Gasteiger charge is 2.14. The van der Waals surface area contributed by atoms with Crippen LogP contribution in [0.25, 0.3) is 0 Å². The van der Waals surface area contributed by atoms with Crippen molar-refractivity contribution in [2.75, 3.05) is 51.3 Å². The molecular formula is C22H38IN5O3. The number of amides is 1. The summed E-state index contributed by atoms with van der Waals surface area (Å²) in [7, 11) is 0. The van der Waals surface area contributed by atoms with E-state index >= 15 is 0 Å². The fraction of sp³-hybridized carbons (Fsp3) is 0.636. The number of rotatable bonds is 8. The van der Waals surface area contributed by atoms with Gasteiger partial charge in [0.1, 0.15) is 12.3 Å². The van der Waals surface area contributed by atoms with Crippen LogP contribution in [0, 0.1) is 0 Å². The van der Waals surface area contributed by atoms with Gasteiger partial charge in [-0.25, -0.2) is 4.99 Å². The first-order valence-corrected chi connectivity index (χ1v) is 10.6. The molecule has 0 unspecified atom stereocenters. The maximum Gasteiger partial charge on any atom is 0.242 e. The molecule has 8 nitrogen and oxygen atoms in total. The van der Waals surface area contributed by atoms with Crippen molar-refractivity contribution in [2.45, 2.75) is 46.3 Å². The van der Waals surface area contributed by atoms with E-state index in [1.54, 1.807) is 0 Å². The second-order valence-electron chi connectivity index (χ2n) is 8.66. The van der Waals surface area contributed by atoms with Crippen molar-refractivity contribution in [3.05, 3.63) is 24.3 Å². The molecule has 2 rings (SSSR count). The maximum absolute atomic E-state index is 12.2. The molecule has 0 aliphatic carbocycles. The summed E-state index contributed by atoms with van der Waals surface area (Å²) in [6, 6.07) is 7.71. The Bertz CT molecular complexity index is 683. The van der Waals surface area contributed by atoms with E-state index in [1.807, 2.05) is 58.9 Å². The van der Waals surface area contributed by atoms with Crippen molar-refractivity contribution in [2.24, 2.45) is 4.99 Å². The van der Waals surface area contributed by atoms with Gasteiger partial charge in [0.2, 0.25) is 5.91 Å². The van der Waals surface area contributed by atoms with Crippen molar-refractivity contribution in [3.63, 3.8) is 0 Å². The van der Waals surface area contributed by atoms with E-state index in [1.165, 1.54) is 0 Å². The van der Waals surface area contributed by atoms with Crippen LogP contribution in [0.5, 0.6) is 5.75 Å². The lowest BCUT2D eigenvalue weighted by Crippen LogP contribution is -2.44. The van der Waals surface area contributed by atoms with Crippen LogP contribution in [-0.4, -0.2) is 74.3 Å². The van der Waals surface area contributed by atoms with Crippen LogP contribution < -0.4 is 20.7 Å². The van der Waals surface area contributed by atoms with E-state index in [0.29, 0.717) is 5.96 Å². The smallest absolute Gasteiger partial charge is 0.242 e. The molecule has 0 spiro atoms. The van der Waals surface area contributed by atoms with E-state index in [9.17, 15) is 4.79 Å². The largest absolute Gasteiger partial charge is 0.491 e. The Labute approximate surface area is 203 Å². The molecule has 1 amide bonds. The monoisotopic (exact) mass is 547 g/mol. The van der Waals surface area contributed by atoms with Crippen molar-refractivity contribution in [3.8, 4) is 5.75 Å². The molecule has 0 saturated carbocycles. The van der Waals surface area contributed by atoms with Crippen LogP contribution >= 0.6 is 24.0 Å². The third kappa shape index (κ3) is 12.1. The summed E-state index contributed by atoms with van der Waals surface area (Å²) in [6.07, 6.45) is 0.129. The third-order valence-electron chi connectivity index (χ3n) is 4.21. The van der Waals surface area contributed by atoms with E-state index in [-0.39, 0.29) is 48.1 Å². The summed E-state index contributed by atoms with van der Waals surface area (Å²) >= 11 is 0. The molecule has 31 heavy (non-hydrogen) atoms. The normalized spacial score (nSPS) is 15.2. The topological polar surface area (TPSA) is 87.2 Å². The molecule has 0 radical (unpaired) electrons. The molecule has 1 aliphatic rings. The molecule has 9 heteroatoms. The first-order chi connectivity index (χ1) is 14.2. The fourth-order valence-corrected chi connectivity index (χ4v) is 2.93. The number of nitrogens with zero attached hydrogens (tertiary/aromatic N) is 2. The Balaban J connectivity index is 0.00000480. The van der Waals surface area contributed by atoms with Gasteiger partial charge in [0.15, 0.2) is 5.96 Å². The van der Waals surface area contributed by atoms with Gasteiger partial charge in [0.05, 0.1) is 19.3 Å². The highest BCUT2D eigenvalue weighted by atomic mass is 127. The van der Waals surface area contributed by atoms with Gasteiger partial charge >= 0.3 is 0 Å². The molecule has 1 fully saturated rings. The Morgan fingerprint density at radius 1 is 1.19 bits per heavy atom. The molecule has 1 heterocycles. The summed E-state index contributed by atoms with van der Waals surface area (Å²) in [5.74, 6) is 1.28. The minimum Gasteiger partial charge on any atom is -0.491 e. The highest BCUT2D eigenvalue weighted by Crippen LogP contribution is 2.16. The van der Waals surface area contributed by atoms with E-state index in [2.05, 4.69) is 25.8 Å². The van der Waals surface area contributed by atoms with Crippen LogP contribution in [-0.2, 0) is 9.53 Å². The molecule has 0 bridgehead atoms. The number of guanidine groups is 1. The first kappa shape index (κ1) is 27.4. The van der Waals surface area contributed by atoms with Crippen LogP contribution in [0.3, 0.4) is 0 Å². The van der Waals surface area contributed by atoms with Crippen LogP contribution in [0.15, 0.2) is 29.3 Å². The first-order valence-electron chi connectivity index (χ1n) is 10.6. The number of anilines is 1. The number of carbonyl (C=O) groups excluding carboxylic acids is 1. The number of hydrogen-bond acceptors (Lipinski definition) is 5. The van der Waals surface area contributed by atoms with Crippen molar-refractivity contribution in [1.29, 1.82) is 0 Å². The Hall–Kier alpha value is -1.59. The van der Waals surface area contributed by atoms with Crippen molar-refractivity contribution < 1.29 is 14.3 Å². The van der Waals surface area contributed by atoms with Gasteiger partial charge in [-0.3, -0.25) is 9.69 Å². The van der Waals surface area contributed by atoms with Gasteiger partial charge in [0.25, 0.3) is 0 Å². The number of halogens is 1. The quantitative estimate of drug-likeness (QED) is 0.264. The summed E-state index contributed by atoms with van der Waals surface area (Å²) in [4.78, 5) is 19.0. The zero-order valence-corrected chi connectivity index (χ0v) is 21.7. The molecule has 176 valence electrons. The Kier molecular flexibility index (Phi) is 12.2. The molecule has 3 N–H and O–H groups in total. The average molecular weight is 547 g/mol. The molecular weight excluding hydrogens is 509 g/mol. The highest BCUT2D eigenvalue weighted by molar-refractivity contribution is 14.0. The van der Waals surface area contributed by atoms with Gasteiger partial charge in [0, 0.05) is 37.4 Å². The standard InChI is InChI=1S/C22H37N5O3.HI/c1-17(2)30-19-8-6-18(7-9-19)25-21(24-16-20(28)26-22(3,4)5)23-10-11-27-12-14-29-15-13-27;/h6-9,17H,10-16H2,1-5H3,(H,26,28)(H2,23,24,25);1H. The Morgan fingerprint density at radius 3 is 2.42 bits per heavy atom. The SMILES string of the molecule is CC(C)Oc1ccc(NC(=NCC(=O)NC(C)(C)C)NCCN2CCOCC2)cc1.I. The number of ether oxygens (including phenoxy) is 2. The summed E-state index contributed by atoms with van der Waals surface area (Å²) in [5.41, 5.74) is 0.593.